The van der Waals surface area contributed by atoms with E-state index in [4.69, 9.17) is 4.42 Å². The first-order valence-electron chi connectivity index (χ1n) is 6.50. The Balaban J connectivity index is 1.86. The molecule has 1 heterocycles. The number of benzene rings is 1. The highest BCUT2D eigenvalue weighted by Crippen LogP contribution is 2.13. The second-order valence-electron chi connectivity index (χ2n) is 4.91. The molecule has 1 aromatic carbocycles. The molecule has 1 aromatic heterocycles. The van der Waals surface area contributed by atoms with Gasteiger partial charge in [0.2, 0.25) is 0 Å². The summed E-state index contributed by atoms with van der Waals surface area (Å²) in [6.07, 6.45) is 3.34. The van der Waals surface area contributed by atoms with E-state index in [1.807, 2.05) is 18.2 Å². The van der Waals surface area contributed by atoms with Crippen molar-refractivity contribution >= 4 is 11.1 Å². The van der Waals surface area contributed by atoms with Crippen molar-refractivity contribution in [3.8, 4) is 0 Å². The number of unbranched alkanes of at least 4 members (excludes halogenated alkanes) is 1. The largest absolute Gasteiger partial charge is 0.417 e. The van der Waals surface area contributed by atoms with Crippen LogP contribution in [0.1, 0.15) is 32.3 Å². The molecule has 0 saturated carbocycles. The van der Waals surface area contributed by atoms with E-state index in [1.165, 1.54) is 5.56 Å². The molecule has 0 aliphatic rings. The first-order valence-corrected chi connectivity index (χ1v) is 6.50. The fraction of sp³-hybridized carbons (Fsp3) is 0.500. The molecule has 2 N–H and O–H groups in total. The van der Waals surface area contributed by atoms with Gasteiger partial charge in [-0.05, 0) is 43.5 Å². The Hall–Kier alpha value is -1.55. The Morgan fingerprint density at radius 3 is 2.94 bits per heavy atom. The molecule has 0 aliphatic heterocycles. The van der Waals surface area contributed by atoms with Crippen LogP contribution in [0.3, 0.4) is 0 Å². The van der Waals surface area contributed by atoms with Gasteiger partial charge in [-0.1, -0.05) is 19.9 Å². The van der Waals surface area contributed by atoms with E-state index < -0.39 is 0 Å². The lowest BCUT2D eigenvalue weighted by Gasteiger charge is -2.07. The second-order valence-corrected chi connectivity index (χ2v) is 4.91. The number of hydrogen-bond acceptors (Lipinski definition) is 3. The summed E-state index contributed by atoms with van der Waals surface area (Å²) in [6.45, 7) is 5.37. The highest BCUT2D eigenvalue weighted by atomic mass is 16.4. The van der Waals surface area contributed by atoms with Crippen molar-refractivity contribution in [1.29, 1.82) is 0 Å². The fourth-order valence-electron chi connectivity index (χ4n) is 2.00. The highest BCUT2D eigenvalue weighted by molar-refractivity contribution is 5.72. The Morgan fingerprint density at radius 2 is 2.17 bits per heavy atom. The number of rotatable bonds is 6. The van der Waals surface area contributed by atoms with Gasteiger partial charge in [-0.25, -0.2) is 4.79 Å². The fourth-order valence-corrected chi connectivity index (χ4v) is 2.00. The Morgan fingerprint density at radius 1 is 1.33 bits per heavy atom. The van der Waals surface area contributed by atoms with Crippen molar-refractivity contribution in [2.24, 2.45) is 0 Å². The zero-order valence-corrected chi connectivity index (χ0v) is 11.0. The van der Waals surface area contributed by atoms with Crippen LogP contribution in [0, 0.1) is 0 Å². The molecule has 0 radical (unpaired) electrons. The summed E-state index contributed by atoms with van der Waals surface area (Å²) >= 11 is 0. The normalized spacial score (nSPS) is 11.5. The third kappa shape index (κ3) is 3.47. The Kier molecular flexibility index (Phi) is 4.20. The van der Waals surface area contributed by atoms with Crippen LogP contribution < -0.4 is 11.1 Å². The average molecular weight is 248 g/mol. The minimum absolute atomic E-state index is 0.386. The third-order valence-corrected chi connectivity index (χ3v) is 2.93. The van der Waals surface area contributed by atoms with Gasteiger partial charge < -0.3 is 9.73 Å². The molecule has 0 atom stereocenters. The number of nitrogens with one attached hydrogen (secondary N) is 2. The predicted molar refractivity (Wildman–Crippen MR) is 72.9 cm³/mol. The number of fused-ring (bicyclic) bond motifs is 1. The number of hydrogen-bond donors (Lipinski definition) is 2. The summed E-state index contributed by atoms with van der Waals surface area (Å²) in [7, 11) is 0. The maximum Gasteiger partial charge on any atom is 0.417 e. The van der Waals surface area contributed by atoms with Crippen molar-refractivity contribution in [2.45, 2.75) is 39.2 Å². The topological polar surface area (TPSA) is 58.0 Å². The molecular formula is C14H20N2O2. The molecule has 0 unspecified atom stereocenters. The summed E-state index contributed by atoms with van der Waals surface area (Å²) in [5.74, 6) is -0.386. The average Bonchev–Trinajstić information content (AvgIpc) is 2.67. The zero-order valence-electron chi connectivity index (χ0n) is 11.0. The van der Waals surface area contributed by atoms with Crippen LogP contribution in [-0.4, -0.2) is 17.6 Å². The monoisotopic (exact) mass is 248 g/mol. The van der Waals surface area contributed by atoms with E-state index >= 15 is 0 Å². The third-order valence-electron chi connectivity index (χ3n) is 2.93. The van der Waals surface area contributed by atoms with Crippen LogP contribution in [-0.2, 0) is 6.42 Å². The van der Waals surface area contributed by atoms with Crippen LogP contribution in [0.25, 0.3) is 11.1 Å². The number of aromatic nitrogens is 1. The summed E-state index contributed by atoms with van der Waals surface area (Å²) in [4.78, 5) is 13.7. The first-order chi connectivity index (χ1) is 8.65. The van der Waals surface area contributed by atoms with E-state index in [9.17, 15) is 4.79 Å². The maximum absolute atomic E-state index is 11.0. The van der Waals surface area contributed by atoms with Gasteiger partial charge in [-0.15, -0.1) is 0 Å². The molecule has 0 amide bonds. The van der Waals surface area contributed by atoms with Gasteiger partial charge >= 0.3 is 5.76 Å². The molecule has 98 valence electrons. The van der Waals surface area contributed by atoms with Gasteiger partial charge in [0.1, 0.15) is 0 Å². The molecule has 0 fully saturated rings. The molecule has 0 spiro atoms. The zero-order chi connectivity index (χ0) is 13.0. The van der Waals surface area contributed by atoms with Gasteiger partial charge in [0.05, 0.1) is 5.52 Å². The smallest absolute Gasteiger partial charge is 0.408 e. The van der Waals surface area contributed by atoms with Crippen molar-refractivity contribution in [3.63, 3.8) is 0 Å². The van der Waals surface area contributed by atoms with Gasteiger partial charge in [0, 0.05) is 6.04 Å². The quantitative estimate of drug-likeness (QED) is 0.772. The summed E-state index contributed by atoms with van der Waals surface area (Å²) in [6, 6.07) is 6.43. The van der Waals surface area contributed by atoms with Gasteiger partial charge in [0.15, 0.2) is 5.58 Å². The maximum atomic E-state index is 11.0. The van der Waals surface area contributed by atoms with E-state index in [0.717, 1.165) is 31.3 Å². The molecule has 4 heteroatoms. The van der Waals surface area contributed by atoms with Crippen LogP contribution in [0.5, 0.6) is 0 Å². The highest BCUT2D eigenvalue weighted by Gasteiger charge is 2.02. The molecule has 4 nitrogen and oxygen atoms in total. The standard InChI is InChI=1S/C14H20N2O2/c1-10(2)15-8-4-3-5-11-6-7-13-12(9-11)16-14(17)18-13/h6-7,9-10,15H,3-5,8H2,1-2H3,(H,16,17). The van der Waals surface area contributed by atoms with E-state index in [-0.39, 0.29) is 5.76 Å². The van der Waals surface area contributed by atoms with Crippen molar-refractivity contribution in [1.82, 2.24) is 10.3 Å². The second kappa shape index (κ2) is 5.87. The SMILES string of the molecule is CC(C)NCCCCc1ccc2oc(=O)[nH]c2c1. The van der Waals surface area contributed by atoms with Gasteiger partial charge in [-0.2, -0.15) is 0 Å². The summed E-state index contributed by atoms with van der Waals surface area (Å²) in [5, 5.41) is 3.40. The lowest BCUT2D eigenvalue weighted by molar-refractivity contribution is 0.554. The summed E-state index contributed by atoms with van der Waals surface area (Å²) in [5.41, 5.74) is 2.66. The van der Waals surface area contributed by atoms with Crippen molar-refractivity contribution in [3.05, 3.63) is 34.3 Å². The van der Waals surface area contributed by atoms with Crippen LogP contribution >= 0.6 is 0 Å². The van der Waals surface area contributed by atoms with E-state index in [2.05, 4.69) is 24.1 Å². The van der Waals surface area contributed by atoms with Crippen LogP contribution in [0.15, 0.2) is 27.4 Å². The first kappa shape index (κ1) is 12.9. The Labute approximate surface area is 106 Å². The van der Waals surface area contributed by atoms with Crippen LogP contribution in [0.2, 0.25) is 0 Å². The van der Waals surface area contributed by atoms with E-state index in [0.29, 0.717) is 11.6 Å². The molecule has 18 heavy (non-hydrogen) atoms. The molecule has 0 saturated heterocycles. The van der Waals surface area contributed by atoms with Gasteiger partial charge in [-0.3, -0.25) is 4.98 Å². The minimum atomic E-state index is -0.386. The van der Waals surface area contributed by atoms with Crippen LogP contribution in [0.4, 0.5) is 0 Å². The summed E-state index contributed by atoms with van der Waals surface area (Å²) < 4.78 is 4.97. The van der Waals surface area contributed by atoms with E-state index in [1.54, 1.807) is 0 Å². The predicted octanol–water partition coefficient (Wildman–Crippen LogP) is 2.44. The molecule has 0 bridgehead atoms. The lowest BCUT2D eigenvalue weighted by atomic mass is 10.1. The molecular weight excluding hydrogens is 228 g/mol. The number of aromatic amines is 1. The molecule has 2 aromatic rings. The Bertz CT molecular complexity index is 554. The molecule has 0 aliphatic carbocycles. The number of aryl methyl sites for hydroxylation is 1. The van der Waals surface area contributed by atoms with Crippen molar-refractivity contribution in [2.75, 3.05) is 6.54 Å². The number of oxazole rings is 1. The van der Waals surface area contributed by atoms with Crippen molar-refractivity contribution < 1.29 is 4.42 Å². The number of H-pyrrole nitrogens is 1. The minimum Gasteiger partial charge on any atom is -0.408 e. The van der Waals surface area contributed by atoms with Gasteiger partial charge in [0.25, 0.3) is 0 Å². The lowest BCUT2D eigenvalue weighted by Crippen LogP contribution is -2.23. The molecule has 2 rings (SSSR count).